The summed E-state index contributed by atoms with van der Waals surface area (Å²) in [6.45, 7) is 0.466. The highest BCUT2D eigenvalue weighted by Crippen LogP contribution is 2.14. The van der Waals surface area contributed by atoms with E-state index >= 15 is 0 Å². The zero-order valence-corrected chi connectivity index (χ0v) is 8.65. The molecule has 0 fully saturated rings. The second-order valence-corrected chi connectivity index (χ2v) is 3.08. The topological polar surface area (TPSA) is 49.8 Å². The van der Waals surface area contributed by atoms with E-state index in [2.05, 4.69) is 22.0 Å². The van der Waals surface area contributed by atoms with Crippen molar-refractivity contribution in [1.82, 2.24) is 0 Å². The third-order valence-corrected chi connectivity index (χ3v) is 1.78. The molecule has 0 bridgehead atoms. The molecule has 0 aliphatic rings. The minimum Gasteiger partial charge on any atom is -0.326 e. The van der Waals surface area contributed by atoms with Crippen molar-refractivity contribution < 1.29 is 0 Å². The van der Waals surface area contributed by atoms with Crippen LogP contribution in [0.25, 0.3) is 0 Å². The highest BCUT2D eigenvalue weighted by Gasteiger charge is 1.95. The van der Waals surface area contributed by atoms with Crippen LogP contribution in [0.4, 0.5) is 0 Å². The van der Waals surface area contributed by atoms with Gasteiger partial charge in [-0.05, 0) is 23.8 Å². The van der Waals surface area contributed by atoms with Crippen molar-refractivity contribution in [3.8, 4) is 6.07 Å². The van der Waals surface area contributed by atoms with Crippen LogP contribution in [0.5, 0.6) is 0 Å². The fourth-order valence-corrected chi connectivity index (χ4v) is 1.37. The summed E-state index contributed by atoms with van der Waals surface area (Å²) < 4.78 is 0.900. The highest BCUT2D eigenvalue weighted by molar-refractivity contribution is 9.10. The Kier molecular flexibility index (Phi) is 4.91. The van der Waals surface area contributed by atoms with Gasteiger partial charge in [0.2, 0.25) is 0 Å². The molecule has 2 nitrogen and oxygen atoms in total. The van der Waals surface area contributed by atoms with E-state index in [9.17, 15) is 0 Å². The zero-order valence-electron chi connectivity index (χ0n) is 6.25. The molecule has 0 amide bonds. The van der Waals surface area contributed by atoms with Gasteiger partial charge in [0.25, 0.3) is 0 Å². The van der Waals surface area contributed by atoms with Crippen molar-refractivity contribution in [2.75, 3.05) is 0 Å². The van der Waals surface area contributed by atoms with Crippen LogP contribution in [-0.2, 0) is 6.54 Å². The van der Waals surface area contributed by atoms with Gasteiger partial charge in [-0.15, -0.1) is 12.4 Å². The number of halogens is 2. The average molecular weight is 248 g/mol. The Labute approximate surface area is 85.9 Å². The molecule has 0 aromatic heterocycles. The van der Waals surface area contributed by atoms with E-state index in [-0.39, 0.29) is 12.4 Å². The molecule has 4 heteroatoms. The molecule has 0 saturated heterocycles. The summed E-state index contributed by atoms with van der Waals surface area (Å²) in [4.78, 5) is 0. The summed E-state index contributed by atoms with van der Waals surface area (Å²) in [5, 5.41) is 8.57. The number of nitrogens with zero attached hydrogens (tertiary/aromatic N) is 1. The number of hydrogen-bond acceptors (Lipinski definition) is 2. The molecule has 0 radical (unpaired) electrons. The molecule has 1 aromatic rings. The first-order chi connectivity index (χ1) is 5.26. The zero-order chi connectivity index (χ0) is 8.27. The molecule has 0 spiro atoms. The highest BCUT2D eigenvalue weighted by atomic mass is 79.9. The van der Waals surface area contributed by atoms with Gasteiger partial charge in [-0.3, -0.25) is 0 Å². The molecule has 0 atom stereocenters. The number of nitrogens with two attached hydrogens (primary N) is 1. The maximum atomic E-state index is 8.57. The molecule has 0 heterocycles. The van der Waals surface area contributed by atoms with E-state index in [0.717, 1.165) is 10.0 Å². The fraction of sp³-hybridized carbons (Fsp3) is 0.125. The first-order valence-electron chi connectivity index (χ1n) is 3.16. The molecule has 1 aromatic carbocycles. The number of nitriles is 1. The molecule has 1 rings (SSSR count). The first kappa shape index (κ1) is 11.4. The molecular weight excluding hydrogens is 239 g/mol. The Morgan fingerprint density at radius 1 is 1.42 bits per heavy atom. The Morgan fingerprint density at radius 3 is 2.58 bits per heavy atom. The summed E-state index contributed by atoms with van der Waals surface area (Å²) in [6, 6.07) is 7.51. The molecule has 12 heavy (non-hydrogen) atoms. The summed E-state index contributed by atoms with van der Waals surface area (Å²) in [5.74, 6) is 0. The van der Waals surface area contributed by atoms with Crippen molar-refractivity contribution in [3.05, 3.63) is 33.8 Å². The van der Waals surface area contributed by atoms with E-state index in [4.69, 9.17) is 11.0 Å². The average Bonchev–Trinajstić information content (AvgIpc) is 2.03. The molecule has 0 saturated carbocycles. The van der Waals surface area contributed by atoms with Gasteiger partial charge in [-0.25, -0.2) is 0 Å². The number of rotatable bonds is 1. The maximum Gasteiger partial charge on any atom is 0.0992 e. The van der Waals surface area contributed by atoms with Crippen molar-refractivity contribution in [3.63, 3.8) is 0 Å². The van der Waals surface area contributed by atoms with Gasteiger partial charge in [0.05, 0.1) is 11.6 Å². The maximum absolute atomic E-state index is 8.57. The number of benzene rings is 1. The van der Waals surface area contributed by atoms with Crippen molar-refractivity contribution in [1.29, 1.82) is 5.26 Å². The smallest absolute Gasteiger partial charge is 0.0992 e. The van der Waals surface area contributed by atoms with E-state index in [1.807, 2.05) is 6.07 Å². The van der Waals surface area contributed by atoms with Crippen LogP contribution in [0.3, 0.4) is 0 Å². The van der Waals surface area contributed by atoms with Gasteiger partial charge in [-0.1, -0.05) is 15.9 Å². The minimum atomic E-state index is 0. The third kappa shape index (κ3) is 2.82. The van der Waals surface area contributed by atoms with Gasteiger partial charge in [-0.2, -0.15) is 5.26 Å². The number of hydrogen-bond donors (Lipinski definition) is 1. The van der Waals surface area contributed by atoms with Crippen LogP contribution < -0.4 is 5.73 Å². The molecule has 2 N–H and O–H groups in total. The lowest BCUT2D eigenvalue weighted by molar-refractivity contribution is 1.07. The standard InChI is InChI=1S/C8H7BrN2.ClH/c9-8-2-6(4-10)1-7(3-8)5-11;/h1-3H,4,10H2;1H. The quantitative estimate of drug-likeness (QED) is 0.827. The van der Waals surface area contributed by atoms with Crippen molar-refractivity contribution in [2.24, 2.45) is 5.73 Å². The van der Waals surface area contributed by atoms with E-state index < -0.39 is 0 Å². The predicted octanol–water partition coefficient (Wildman–Crippen LogP) is 2.20. The normalized spacial score (nSPS) is 8.42. The van der Waals surface area contributed by atoms with Crippen LogP contribution in [0, 0.1) is 11.3 Å². The molecule has 64 valence electrons. The predicted molar refractivity (Wildman–Crippen MR) is 54.0 cm³/mol. The molecule has 0 aliphatic heterocycles. The summed E-state index contributed by atoms with van der Waals surface area (Å²) in [5.41, 5.74) is 7.02. The van der Waals surface area contributed by atoms with Gasteiger partial charge >= 0.3 is 0 Å². The van der Waals surface area contributed by atoms with Crippen LogP contribution >= 0.6 is 28.3 Å². The lowest BCUT2D eigenvalue weighted by atomic mass is 10.1. The molecule has 0 aliphatic carbocycles. The lowest BCUT2D eigenvalue weighted by Gasteiger charge is -1.97. The van der Waals surface area contributed by atoms with Crippen molar-refractivity contribution in [2.45, 2.75) is 6.54 Å². The summed E-state index contributed by atoms with van der Waals surface area (Å²) in [6.07, 6.45) is 0. The minimum absolute atomic E-state index is 0. The van der Waals surface area contributed by atoms with Crippen LogP contribution in [-0.4, -0.2) is 0 Å². The van der Waals surface area contributed by atoms with E-state index in [1.165, 1.54) is 0 Å². The SMILES string of the molecule is Cl.N#Cc1cc(Br)cc(CN)c1. The third-order valence-electron chi connectivity index (χ3n) is 1.32. The van der Waals surface area contributed by atoms with Gasteiger partial charge < -0.3 is 5.73 Å². The second kappa shape index (κ2) is 5.15. The van der Waals surface area contributed by atoms with E-state index in [0.29, 0.717) is 12.1 Å². The fourth-order valence-electron chi connectivity index (χ4n) is 0.833. The monoisotopic (exact) mass is 246 g/mol. The van der Waals surface area contributed by atoms with Crippen LogP contribution in [0.15, 0.2) is 22.7 Å². The van der Waals surface area contributed by atoms with E-state index in [1.54, 1.807) is 12.1 Å². The molecule has 0 unspecified atom stereocenters. The lowest BCUT2D eigenvalue weighted by Crippen LogP contribution is -1.96. The Balaban J connectivity index is 0.00000121. The van der Waals surface area contributed by atoms with Crippen LogP contribution in [0.2, 0.25) is 0 Å². The Morgan fingerprint density at radius 2 is 2.08 bits per heavy atom. The second-order valence-electron chi connectivity index (χ2n) is 2.16. The first-order valence-corrected chi connectivity index (χ1v) is 3.95. The van der Waals surface area contributed by atoms with Crippen LogP contribution in [0.1, 0.15) is 11.1 Å². The summed E-state index contributed by atoms with van der Waals surface area (Å²) >= 11 is 3.29. The molecular formula is C8H8BrClN2. The van der Waals surface area contributed by atoms with Crippen molar-refractivity contribution >= 4 is 28.3 Å². The van der Waals surface area contributed by atoms with Gasteiger partial charge in [0.1, 0.15) is 0 Å². The van der Waals surface area contributed by atoms with Gasteiger partial charge in [0.15, 0.2) is 0 Å². The largest absolute Gasteiger partial charge is 0.326 e. The van der Waals surface area contributed by atoms with Gasteiger partial charge in [0, 0.05) is 11.0 Å². The Bertz CT molecular complexity index is 306. The Hall–Kier alpha value is -0.560. The summed E-state index contributed by atoms with van der Waals surface area (Å²) in [7, 11) is 0.